The SMILES string of the molecule is Brc1ccc(C2CC(Nc3ccc4ncsc4c3)C2)cc1. The van der Waals surface area contributed by atoms with Crippen molar-refractivity contribution in [1.29, 1.82) is 0 Å². The van der Waals surface area contributed by atoms with Gasteiger partial charge in [0.1, 0.15) is 0 Å². The lowest BCUT2D eigenvalue weighted by atomic mass is 9.76. The molecule has 1 aliphatic carbocycles. The third-order valence-corrected chi connectivity index (χ3v) is 5.50. The lowest BCUT2D eigenvalue weighted by Gasteiger charge is -2.37. The number of nitrogens with zero attached hydrogens (tertiary/aromatic N) is 1. The van der Waals surface area contributed by atoms with Crippen molar-refractivity contribution < 1.29 is 0 Å². The fourth-order valence-electron chi connectivity index (χ4n) is 2.92. The minimum absolute atomic E-state index is 0.587. The van der Waals surface area contributed by atoms with Crippen molar-refractivity contribution in [1.82, 2.24) is 4.98 Å². The number of aromatic nitrogens is 1. The molecule has 0 aliphatic heterocycles. The third-order valence-electron chi connectivity index (χ3n) is 4.18. The van der Waals surface area contributed by atoms with E-state index in [4.69, 9.17) is 0 Å². The van der Waals surface area contributed by atoms with E-state index in [0.29, 0.717) is 12.0 Å². The largest absolute Gasteiger partial charge is 0.382 e. The van der Waals surface area contributed by atoms with Gasteiger partial charge in [-0.2, -0.15) is 0 Å². The van der Waals surface area contributed by atoms with Crippen LogP contribution in [0.5, 0.6) is 0 Å². The Labute approximate surface area is 136 Å². The van der Waals surface area contributed by atoms with E-state index in [2.05, 4.69) is 68.7 Å². The second-order valence-electron chi connectivity index (χ2n) is 5.60. The van der Waals surface area contributed by atoms with Crippen LogP contribution in [0.3, 0.4) is 0 Å². The van der Waals surface area contributed by atoms with E-state index < -0.39 is 0 Å². The van der Waals surface area contributed by atoms with Gasteiger partial charge in [0.25, 0.3) is 0 Å². The summed E-state index contributed by atoms with van der Waals surface area (Å²) in [6, 6.07) is 15.8. The highest BCUT2D eigenvalue weighted by Crippen LogP contribution is 2.39. The summed E-state index contributed by atoms with van der Waals surface area (Å²) in [6.07, 6.45) is 2.42. The smallest absolute Gasteiger partial charge is 0.0813 e. The van der Waals surface area contributed by atoms with Crippen molar-refractivity contribution in [3.05, 3.63) is 58.0 Å². The van der Waals surface area contributed by atoms with Crippen molar-refractivity contribution in [2.24, 2.45) is 0 Å². The lowest BCUT2D eigenvalue weighted by Crippen LogP contribution is -2.33. The molecule has 21 heavy (non-hydrogen) atoms. The molecule has 1 fully saturated rings. The Morgan fingerprint density at radius 1 is 1.10 bits per heavy atom. The van der Waals surface area contributed by atoms with Gasteiger partial charge in [-0.25, -0.2) is 4.98 Å². The molecule has 2 nitrogen and oxygen atoms in total. The van der Waals surface area contributed by atoms with E-state index in [1.54, 1.807) is 11.3 Å². The van der Waals surface area contributed by atoms with Gasteiger partial charge in [0.2, 0.25) is 0 Å². The Bertz CT molecular complexity index is 760. The van der Waals surface area contributed by atoms with Gasteiger partial charge in [0.15, 0.2) is 0 Å². The highest BCUT2D eigenvalue weighted by molar-refractivity contribution is 9.10. The van der Waals surface area contributed by atoms with Crippen molar-refractivity contribution >= 4 is 43.2 Å². The van der Waals surface area contributed by atoms with Gasteiger partial charge in [-0.1, -0.05) is 28.1 Å². The first-order chi connectivity index (χ1) is 10.3. The van der Waals surface area contributed by atoms with Gasteiger partial charge in [0, 0.05) is 16.2 Å². The monoisotopic (exact) mass is 358 g/mol. The lowest BCUT2D eigenvalue weighted by molar-refractivity contribution is 0.374. The van der Waals surface area contributed by atoms with Crippen LogP contribution in [-0.4, -0.2) is 11.0 Å². The van der Waals surface area contributed by atoms with Gasteiger partial charge >= 0.3 is 0 Å². The van der Waals surface area contributed by atoms with Crippen LogP contribution >= 0.6 is 27.3 Å². The second kappa shape index (κ2) is 5.43. The molecule has 4 heteroatoms. The standard InChI is InChI=1S/C17H15BrN2S/c18-13-3-1-11(2-4-13)12-7-15(8-12)20-14-5-6-16-17(9-14)21-10-19-16/h1-6,9-10,12,15,20H,7-8H2. The molecule has 0 saturated heterocycles. The maximum Gasteiger partial charge on any atom is 0.0813 e. The van der Waals surface area contributed by atoms with Crippen LogP contribution in [0, 0.1) is 0 Å². The normalized spacial score (nSPS) is 21.2. The molecule has 1 aromatic heterocycles. The van der Waals surface area contributed by atoms with Crippen molar-refractivity contribution in [3.63, 3.8) is 0 Å². The number of anilines is 1. The number of fused-ring (bicyclic) bond motifs is 1. The molecule has 0 unspecified atom stereocenters. The van der Waals surface area contributed by atoms with E-state index in [0.717, 1.165) is 9.99 Å². The summed E-state index contributed by atoms with van der Waals surface area (Å²) >= 11 is 5.19. The molecular weight excluding hydrogens is 344 g/mol. The summed E-state index contributed by atoms with van der Waals surface area (Å²) in [5.74, 6) is 0.697. The molecule has 3 aromatic rings. The van der Waals surface area contributed by atoms with Crippen LogP contribution in [0.25, 0.3) is 10.2 Å². The maximum atomic E-state index is 4.32. The van der Waals surface area contributed by atoms with Crippen LogP contribution in [0.1, 0.15) is 24.3 Å². The summed E-state index contributed by atoms with van der Waals surface area (Å²) in [7, 11) is 0. The fraction of sp³-hybridized carbons (Fsp3) is 0.235. The molecule has 106 valence electrons. The third kappa shape index (κ3) is 2.70. The van der Waals surface area contributed by atoms with Crippen LogP contribution < -0.4 is 5.32 Å². The first-order valence-electron chi connectivity index (χ1n) is 7.13. The summed E-state index contributed by atoms with van der Waals surface area (Å²) < 4.78 is 2.40. The van der Waals surface area contributed by atoms with Crippen molar-refractivity contribution in [3.8, 4) is 0 Å². The molecule has 2 aromatic carbocycles. The Balaban J connectivity index is 1.40. The quantitative estimate of drug-likeness (QED) is 0.676. The molecule has 1 heterocycles. The average Bonchev–Trinajstić information content (AvgIpc) is 2.91. The second-order valence-corrected chi connectivity index (χ2v) is 7.40. The first kappa shape index (κ1) is 13.3. The summed E-state index contributed by atoms with van der Waals surface area (Å²) in [5.41, 5.74) is 5.66. The Morgan fingerprint density at radius 3 is 2.71 bits per heavy atom. The molecule has 1 N–H and O–H groups in total. The number of hydrogen-bond donors (Lipinski definition) is 1. The number of nitrogens with one attached hydrogen (secondary N) is 1. The van der Waals surface area contributed by atoms with Crippen LogP contribution in [0.4, 0.5) is 5.69 Å². The Hall–Kier alpha value is -1.39. The molecule has 0 spiro atoms. The van der Waals surface area contributed by atoms with Gasteiger partial charge in [0.05, 0.1) is 15.7 Å². The van der Waals surface area contributed by atoms with E-state index in [1.165, 1.54) is 28.8 Å². The number of thiazole rings is 1. The van der Waals surface area contributed by atoms with Gasteiger partial charge in [-0.15, -0.1) is 11.3 Å². The maximum absolute atomic E-state index is 4.32. The summed E-state index contributed by atoms with van der Waals surface area (Å²) in [6.45, 7) is 0. The van der Waals surface area contributed by atoms with Crippen molar-refractivity contribution in [2.75, 3.05) is 5.32 Å². The van der Waals surface area contributed by atoms with E-state index >= 15 is 0 Å². The first-order valence-corrected chi connectivity index (χ1v) is 8.80. The van der Waals surface area contributed by atoms with Crippen molar-refractivity contribution in [2.45, 2.75) is 24.8 Å². The molecule has 1 aliphatic rings. The van der Waals surface area contributed by atoms with E-state index in [1.807, 2.05) is 5.51 Å². The molecule has 0 atom stereocenters. The zero-order valence-corrected chi connectivity index (χ0v) is 13.8. The number of rotatable bonds is 3. The summed E-state index contributed by atoms with van der Waals surface area (Å²) in [5, 5.41) is 3.64. The minimum Gasteiger partial charge on any atom is -0.382 e. The number of hydrogen-bond acceptors (Lipinski definition) is 3. The zero-order chi connectivity index (χ0) is 14.2. The zero-order valence-electron chi connectivity index (χ0n) is 11.4. The van der Waals surface area contributed by atoms with Crippen LogP contribution in [0.15, 0.2) is 52.4 Å². The van der Waals surface area contributed by atoms with Crippen LogP contribution in [0.2, 0.25) is 0 Å². The molecule has 4 rings (SSSR count). The highest BCUT2D eigenvalue weighted by Gasteiger charge is 2.30. The topological polar surface area (TPSA) is 24.9 Å². The molecule has 0 bridgehead atoms. The molecule has 0 radical (unpaired) electrons. The van der Waals surface area contributed by atoms with E-state index in [-0.39, 0.29) is 0 Å². The predicted molar refractivity (Wildman–Crippen MR) is 93.1 cm³/mol. The van der Waals surface area contributed by atoms with Gasteiger partial charge < -0.3 is 5.32 Å². The fourth-order valence-corrected chi connectivity index (χ4v) is 3.90. The number of halogens is 1. The number of benzene rings is 2. The average molecular weight is 359 g/mol. The Morgan fingerprint density at radius 2 is 1.90 bits per heavy atom. The highest BCUT2D eigenvalue weighted by atomic mass is 79.9. The minimum atomic E-state index is 0.587. The predicted octanol–water partition coefficient (Wildman–Crippen LogP) is 5.42. The molecular formula is C17H15BrN2S. The van der Waals surface area contributed by atoms with Gasteiger partial charge in [-0.05, 0) is 54.7 Å². The van der Waals surface area contributed by atoms with Gasteiger partial charge in [-0.3, -0.25) is 0 Å². The molecule has 0 amide bonds. The van der Waals surface area contributed by atoms with E-state index in [9.17, 15) is 0 Å². The summed E-state index contributed by atoms with van der Waals surface area (Å²) in [4.78, 5) is 4.32. The van der Waals surface area contributed by atoms with Crippen LogP contribution in [-0.2, 0) is 0 Å². The Kier molecular flexibility index (Phi) is 3.43. The molecule has 1 saturated carbocycles.